The zero-order chi connectivity index (χ0) is 13.1. The van der Waals surface area contributed by atoms with Crippen LogP contribution in [-0.4, -0.2) is 21.6 Å². The van der Waals surface area contributed by atoms with E-state index in [1.165, 1.54) is 18.3 Å². The fourth-order valence-corrected chi connectivity index (χ4v) is 1.05. The number of nitro groups is 1. The van der Waals surface area contributed by atoms with Crippen LogP contribution in [0.1, 0.15) is 20.8 Å². The highest BCUT2D eigenvalue weighted by atomic mass is 16.6. The summed E-state index contributed by atoms with van der Waals surface area (Å²) in [5.74, 6) is -0.418. The molecule has 0 saturated heterocycles. The fourth-order valence-electron chi connectivity index (χ4n) is 1.05. The lowest BCUT2D eigenvalue weighted by Gasteiger charge is -2.19. The van der Waals surface area contributed by atoms with E-state index in [4.69, 9.17) is 4.74 Å². The number of aromatic nitrogens is 1. The van der Waals surface area contributed by atoms with E-state index in [-0.39, 0.29) is 5.69 Å². The highest BCUT2D eigenvalue weighted by Gasteiger charge is 2.20. The number of pyridine rings is 1. The van der Waals surface area contributed by atoms with Gasteiger partial charge >= 0.3 is 11.9 Å². The van der Waals surface area contributed by atoms with Crippen LogP contribution in [0.4, 0.5) is 16.3 Å². The Morgan fingerprint density at radius 2 is 2.18 bits per heavy atom. The van der Waals surface area contributed by atoms with Gasteiger partial charge in [0.05, 0.1) is 0 Å². The molecule has 1 amide bonds. The molecular formula is C10H13N3O4. The highest BCUT2D eigenvalue weighted by molar-refractivity contribution is 5.87. The van der Waals surface area contributed by atoms with Gasteiger partial charge in [0.25, 0.3) is 0 Å². The molecule has 0 aliphatic heterocycles. The van der Waals surface area contributed by atoms with Gasteiger partial charge in [-0.05, 0) is 42.8 Å². The lowest BCUT2D eigenvalue weighted by molar-refractivity contribution is -0.388. The molecule has 17 heavy (non-hydrogen) atoms. The topological polar surface area (TPSA) is 94.4 Å². The maximum absolute atomic E-state index is 11.4. The molecule has 0 saturated carbocycles. The first kappa shape index (κ1) is 12.9. The van der Waals surface area contributed by atoms with Gasteiger partial charge in [0.1, 0.15) is 17.5 Å². The Balaban J connectivity index is 2.82. The van der Waals surface area contributed by atoms with Crippen LogP contribution >= 0.6 is 0 Å². The van der Waals surface area contributed by atoms with Crippen LogP contribution in [0.15, 0.2) is 18.3 Å². The van der Waals surface area contributed by atoms with E-state index in [0.29, 0.717) is 0 Å². The average molecular weight is 239 g/mol. The van der Waals surface area contributed by atoms with Crippen LogP contribution in [-0.2, 0) is 4.74 Å². The first-order valence-corrected chi connectivity index (χ1v) is 4.89. The SMILES string of the molecule is CC(C)(C)OC(=O)Nc1cccnc1[N+](=O)[O-]. The minimum absolute atomic E-state index is 0.00625. The van der Waals surface area contributed by atoms with Gasteiger partial charge in [0, 0.05) is 0 Å². The summed E-state index contributed by atoms with van der Waals surface area (Å²) in [5.41, 5.74) is -0.659. The van der Waals surface area contributed by atoms with E-state index in [9.17, 15) is 14.9 Å². The number of nitrogens with one attached hydrogen (secondary N) is 1. The van der Waals surface area contributed by atoms with Crippen LogP contribution in [0, 0.1) is 10.1 Å². The predicted molar refractivity (Wildman–Crippen MR) is 60.7 cm³/mol. The van der Waals surface area contributed by atoms with E-state index in [0.717, 1.165) is 0 Å². The molecule has 0 bridgehead atoms. The number of ether oxygens (including phenoxy) is 1. The number of hydrogen-bond donors (Lipinski definition) is 1. The van der Waals surface area contributed by atoms with Gasteiger partial charge in [0.2, 0.25) is 0 Å². The van der Waals surface area contributed by atoms with Crippen molar-refractivity contribution >= 4 is 17.6 Å². The van der Waals surface area contributed by atoms with Gasteiger partial charge in [-0.1, -0.05) is 0 Å². The number of nitrogens with zero attached hydrogens (tertiary/aromatic N) is 2. The third-order valence-corrected chi connectivity index (χ3v) is 1.60. The second-order valence-corrected chi connectivity index (χ2v) is 4.26. The van der Waals surface area contributed by atoms with E-state index in [2.05, 4.69) is 10.3 Å². The fraction of sp³-hybridized carbons (Fsp3) is 0.400. The molecule has 1 N–H and O–H groups in total. The summed E-state index contributed by atoms with van der Waals surface area (Å²) in [6, 6.07) is 2.87. The summed E-state index contributed by atoms with van der Waals surface area (Å²) in [7, 11) is 0. The molecular weight excluding hydrogens is 226 g/mol. The number of amides is 1. The van der Waals surface area contributed by atoms with Gasteiger partial charge in [-0.3, -0.25) is 5.32 Å². The van der Waals surface area contributed by atoms with E-state index in [1.807, 2.05) is 0 Å². The van der Waals surface area contributed by atoms with Gasteiger partial charge in [0.15, 0.2) is 0 Å². The van der Waals surface area contributed by atoms with Crippen molar-refractivity contribution in [2.75, 3.05) is 5.32 Å². The molecule has 7 heteroatoms. The summed E-state index contributed by atoms with van der Waals surface area (Å²) in [4.78, 5) is 24.9. The molecule has 7 nitrogen and oxygen atoms in total. The maximum Gasteiger partial charge on any atom is 0.412 e. The molecule has 0 spiro atoms. The normalized spacial score (nSPS) is 10.8. The smallest absolute Gasteiger partial charge is 0.412 e. The monoisotopic (exact) mass is 239 g/mol. The summed E-state index contributed by atoms with van der Waals surface area (Å²) in [6.07, 6.45) is 0.520. The van der Waals surface area contributed by atoms with Crippen LogP contribution in [0.3, 0.4) is 0 Å². The number of anilines is 1. The molecule has 0 fully saturated rings. The molecule has 1 aromatic rings. The number of carbonyl (C=O) groups is 1. The zero-order valence-corrected chi connectivity index (χ0v) is 9.76. The van der Waals surface area contributed by atoms with Gasteiger partial charge in [-0.25, -0.2) is 4.79 Å². The predicted octanol–water partition coefficient (Wildman–Crippen LogP) is 2.34. The Hall–Kier alpha value is -2.18. The quantitative estimate of drug-likeness (QED) is 0.631. The van der Waals surface area contributed by atoms with Crippen molar-refractivity contribution in [2.24, 2.45) is 0 Å². The van der Waals surface area contributed by atoms with E-state index in [1.54, 1.807) is 20.8 Å². The number of rotatable bonds is 2. The first-order chi connectivity index (χ1) is 7.79. The lowest BCUT2D eigenvalue weighted by atomic mass is 10.2. The van der Waals surface area contributed by atoms with Gasteiger partial charge in [-0.2, -0.15) is 0 Å². The highest BCUT2D eigenvalue weighted by Crippen LogP contribution is 2.20. The van der Waals surface area contributed by atoms with E-state index < -0.39 is 22.4 Å². The third kappa shape index (κ3) is 4.06. The van der Waals surface area contributed by atoms with Crippen molar-refractivity contribution in [1.82, 2.24) is 4.98 Å². The molecule has 92 valence electrons. The lowest BCUT2D eigenvalue weighted by Crippen LogP contribution is -2.27. The second-order valence-electron chi connectivity index (χ2n) is 4.26. The summed E-state index contributed by atoms with van der Waals surface area (Å²) < 4.78 is 4.98. The Kier molecular flexibility index (Phi) is 3.62. The summed E-state index contributed by atoms with van der Waals surface area (Å²) in [5, 5.41) is 12.9. The van der Waals surface area contributed by atoms with Crippen molar-refractivity contribution < 1.29 is 14.5 Å². The molecule has 0 unspecified atom stereocenters. The molecule has 0 aliphatic rings. The van der Waals surface area contributed by atoms with Crippen LogP contribution < -0.4 is 5.32 Å². The summed E-state index contributed by atoms with van der Waals surface area (Å²) in [6.45, 7) is 5.10. The third-order valence-electron chi connectivity index (χ3n) is 1.60. The molecule has 0 aromatic carbocycles. The second kappa shape index (κ2) is 4.77. The number of carbonyl (C=O) groups excluding carboxylic acids is 1. The van der Waals surface area contributed by atoms with Crippen LogP contribution in [0.5, 0.6) is 0 Å². The minimum atomic E-state index is -0.756. The molecule has 0 atom stereocenters. The minimum Gasteiger partial charge on any atom is -0.444 e. The van der Waals surface area contributed by atoms with E-state index >= 15 is 0 Å². The molecule has 1 rings (SSSR count). The molecule has 0 aliphatic carbocycles. The largest absolute Gasteiger partial charge is 0.444 e. The van der Waals surface area contributed by atoms with Crippen molar-refractivity contribution in [2.45, 2.75) is 26.4 Å². The molecule has 0 radical (unpaired) electrons. The Morgan fingerprint density at radius 1 is 1.53 bits per heavy atom. The van der Waals surface area contributed by atoms with Crippen molar-refractivity contribution in [3.63, 3.8) is 0 Å². The Morgan fingerprint density at radius 3 is 2.71 bits per heavy atom. The van der Waals surface area contributed by atoms with Crippen LogP contribution in [0.2, 0.25) is 0 Å². The standard InChI is InChI=1S/C10H13N3O4/c1-10(2,3)17-9(14)12-7-5-4-6-11-8(7)13(15)16/h4-6H,1-3H3,(H,12,14). The molecule has 1 heterocycles. The van der Waals surface area contributed by atoms with Gasteiger partial charge < -0.3 is 14.9 Å². The van der Waals surface area contributed by atoms with Crippen molar-refractivity contribution in [1.29, 1.82) is 0 Å². The van der Waals surface area contributed by atoms with Gasteiger partial charge in [-0.15, -0.1) is 0 Å². The first-order valence-electron chi connectivity index (χ1n) is 4.89. The average Bonchev–Trinajstić information content (AvgIpc) is 2.14. The summed E-state index contributed by atoms with van der Waals surface area (Å²) >= 11 is 0. The Labute approximate surface area is 98.0 Å². The van der Waals surface area contributed by atoms with Crippen molar-refractivity contribution in [3.8, 4) is 0 Å². The Bertz CT molecular complexity index is 439. The molecule has 1 aromatic heterocycles. The zero-order valence-electron chi connectivity index (χ0n) is 9.76. The van der Waals surface area contributed by atoms with Crippen molar-refractivity contribution in [3.05, 3.63) is 28.4 Å². The number of hydrogen-bond acceptors (Lipinski definition) is 5. The van der Waals surface area contributed by atoms with Crippen LogP contribution in [0.25, 0.3) is 0 Å². The maximum atomic E-state index is 11.4.